The number of carbonyl (C=O) groups is 1. The Labute approximate surface area is 79.6 Å². The zero-order valence-electron chi connectivity index (χ0n) is 8.63. The Balaban J connectivity index is 3.38. The van der Waals surface area contributed by atoms with Gasteiger partial charge in [-0.2, -0.15) is 0 Å². The lowest BCUT2D eigenvalue weighted by molar-refractivity contribution is -0.149. The number of ether oxygens (including phenoxy) is 2. The van der Waals surface area contributed by atoms with Gasteiger partial charge < -0.3 is 14.8 Å². The van der Waals surface area contributed by atoms with E-state index in [1.165, 1.54) is 0 Å². The summed E-state index contributed by atoms with van der Waals surface area (Å²) in [6, 6.07) is 0. The second kappa shape index (κ2) is 8.01. The van der Waals surface area contributed by atoms with Gasteiger partial charge in [-0.25, -0.2) is 0 Å². The van der Waals surface area contributed by atoms with Crippen molar-refractivity contribution in [3.8, 4) is 0 Å². The molecule has 13 heavy (non-hydrogen) atoms. The molecular weight excluding hydrogens is 170 g/mol. The summed E-state index contributed by atoms with van der Waals surface area (Å²) >= 11 is 0. The molecule has 0 fully saturated rings. The Morgan fingerprint density at radius 1 is 1.54 bits per heavy atom. The lowest BCUT2D eigenvalue weighted by Crippen LogP contribution is -2.29. The van der Waals surface area contributed by atoms with Crippen molar-refractivity contribution in [3.05, 3.63) is 0 Å². The lowest BCUT2D eigenvalue weighted by atomic mass is 10.4. The molecule has 0 aliphatic carbocycles. The summed E-state index contributed by atoms with van der Waals surface area (Å²) in [5.41, 5.74) is 0. The van der Waals surface area contributed by atoms with E-state index in [1.54, 1.807) is 14.0 Å². The van der Waals surface area contributed by atoms with Crippen LogP contribution in [0.5, 0.6) is 0 Å². The number of esters is 1. The number of hydrogen-bond acceptors (Lipinski definition) is 4. The smallest absolute Gasteiger partial charge is 0.320 e. The predicted molar refractivity (Wildman–Crippen MR) is 50.6 cm³/mol. The highest BCUT2D eigenvalue weighted by Gasteiger charge is 2.07. The van der Waals surface area contributed by atoms with Gasteiger partial charge in [0.2, 0.25) is 0 Å². The molecule has 0 rings (SSSR count). The van der Waals surface area contributed by atoms with Crippen molar-refractivity contribution in [1.29, 1.82) is 0 Å². The summed E-state index contributed by atoms with van der Waals surface area (Å²) < 4.78 is 9.84. The van der Waals surface area contributed by atoms with Crippen LogP contribution in [0.15, 0.2) is 0 Å². The van der Waals surface area contributed by atoms with Crippen LogP contribution in [0.25, 0.3) is 0 Å². The normalized spacial score (nSPS) is 12.5. The maximum absolute atomic E-state index is 11.1. The van der Waals surface area contributed by atoms with Gasteiger partial charge in [0.05, 0.1) is 13.2 Å². The molecule has 78 valence electrons. The molecule has 1 N–H and O–H groups in total. The summed E-state index contributed by atoms with van der Waals surface area (Å²) in [7, 11) is 1.58. The SMILES string of the molecule is CCCNCC(=O)OC(C)COC. The van der Waals surface area contributed by atoms with Crippen molar-refractivity contribution in [1.82, 2.24) is 5.32 Å². The van der Waals surface area contributed by atoms with E-state index in [9.17, 15) is 4.79 Å². The van der Waals surface area contributed by atoms with Crippen LogP contribution in [-0.2, 0) is 14.3 Å². The second-order valence-corrected chi connectivity index (χ2v) is 2.93. The minimum absolute atomic E-state index is 0.166. The molecule has 0 saturated carbocycles. The molecule has 1 atom stereocenters. The fraction of sp³-hybridized carbons (Fsp3) is 0.889. The van der Waals surface area contributed by atoms with Crippen molar-refractivity contribution in [2.24, 2.45) is 0 Å². The van der Waals surface area contributed by atoms with Crippen molar-refractivity contribution < 1.29 is 14.3 Å². The van der Waals surface area contributed by atoms with Gasteiger partial charge in [-0.15, -0.1) is 0 Å². The van der Waals surface area contributed by atoms with Crippen LogP contribution < -0.4 is 5.32 Å². The van der Waals surface area contributed by atoms with E-state index in [4.69, 9.17) is 9.47 Å². The molecule has 0 radical (unpaired) electrons. The Hall–Kier alpha value is -0.610. The molecule has 4 nitrogen and oxygen atoms in total. The van der Waals surface area contributed by atoms with Crippen LogP contribution in [-0.4, -0.2) is 38.9 Å². The van der Waals surface area contributed by atoms with E-state index in [0.717, 1.165) is 13.0 Å². The van der Waals surface area contributed by atoms with Crippen molar-refractivity contribution >= 4 is 5.97 Å². The predicted octanol–water partition coefficient (Wildman–Crippen LogP) is 0.564. The number of hydrogen-bond donors (Lipinski definition) is 1. The molecule has 0 heterocycles. The van der Waals surface area contributed by atoms with E-state index in [2.05, 4.69) is 5.32 Å². The Kier molecular flexibility index (Phi) is 7.63. The van der Waals surface area contributed by atoms with Gasteiger partial charge in [0.15, 0.2) is 0 Å². The summed E-state index contributed by atoms with van der Waals surface area (Å²) in [4.78, 5) is 11.1. The zero-order valence-corrected chi connectivity index (χ0v) is 8.63. The molecule has 0 aliphatic heterocycles. The molecule has 0 bridgehead atoms. The van der Waals surface area contributed by atoms with E-state index < -0.39 is 0 Å². The fourth-order valence-corrected chi connectivity index (χ4v) is 0.902. The zero-order chi connectivity index (χ0) is 10.1. The van der Waals surface area contributed by atoms with E-state index >= 15 is 0 Å². The third-order valence-electron chi connectivity index (χ3n) is 1.43. The van der Waals surface area contributed by atoms with Crippen molar-refractivity contribution in [3.63, 3.8) is 0 Å². The average molecular weight is 189 g/mol. The molecular formula is C9H19NO3. The largest absolute Gasteiger partial charge is 0.459 e. The third kappa shape index (κ3) is 7.74. The Morgan fingerprint density at radius 2 is 2.23 bits per heavy atom. The van der Waals surface area contributed by atoms with Crippen LogP contribution in [0.4, 0.5) is 0 Å². The van der Waals surface area contributed by atoms with Crippen LogP contribution in [0.3, 0.4) is 0 Å². The standard InChI is InChI=1S/C9H19NO3/c1-4-5-10-6-9(11)13-8(2)7-12-3/h8,10H,4-7H2,1-3H3. The first-order valence-corrected chi connectivity index (χ1v) is 4.59. The van der Waals surface area contributed by atoms with Gasteiger partial charge in [0, 0.05) is 7.11 Å². The second-order valence-electron chi connectivity index (χ2n) is 2.93. The first kappa shape index (κ1) is 12.4. The lowest BCUT2D eigenvalue weighted by Gasteiger charge is -2.12. The van der Waals surface area contributed by atoms with Crippen LogP contribution in [0.2, 0.25) is 0 Å². The molecule has 0 saturated heterocycles. The van der Waals surface area contributed by atoms with E-state index in [-0.39, 0.29) is 18.6 Å². The van der Waals surface area contributed by atoms with Crippen molar-refractivity contribution in [2.45, 2.75) is 26.4 Å². The van der Waals surface area contributed by atoms with Gasteiger partial charge in [-0.05, 0) is 19.9 Å². The third-order valence-corrected chi connectivity index (χ3v) is 1.43. The molecule has 0 aromatic rings. The molecule has 0 spiro atoms. The van der Waals surface area contributed by atoms with E-state index in [1.807, 2.05) is 6.92 Å². The molecule has 0 amide bonds. The summed E-state index contributed by atoms with van der Waals surface area (Å²) in [6.45, 7) is 5.42. The number of carbonyl (C=O) groups excluding carboxylic acids is 1. The summed E-state index contributed by atoms with van der Waals surface area (Å²) in [5, 5.41) is 2.97. The van der Waals surface area contributed by atoms with Crippen molar-refractivity contribution in [2.75, 3.05) is 26.8 Å². The first-order chi connectivity index (χ1) is 6.20. The number of rotatable bonds is 7. The van der Waals surface area contributed by atoms with Gasteiger partial charge in [0.25, 0.3) is 0 Å². The number of methoxy groups -OCH3 is 1. The monoisotopic (exact) mass is 189 g/mol. The highest BCUT2D eigenvalue weighted by Crippen LogP contribution is 1.91. The molecule has 4 heteroatoms. The van der Waals surface area contributed by atoms with Crippen LogP contribution in [0, 0.1) is 0 Å². The topological polar surface area (TPSA) is 47.6 Å². The highest BCUT2D eigenvalue weighted by atomic mass is 16.6. The van der Waals surface area contributed by atoms with Crippen LogP contribution in [0.1, 0.15) is 20.3 Å². The average Bonchev–Trinajstić information content (AvgIpc) is 2.05. The number of nitrogens with one attached hydrogen (secondary N) is 1. The van der Waals surface area contributed by atoms with Gasteiger partial charge >= 0.3 is 5.97 Å². The van der Waals surface area contributed by atoms with Crippen LogP contribution >= 0.6 is 0 Å². The molecule has 1 unspecified atom stereocenters. The first-order valence-electron chi connectivity index (χ1n) is 4.59. The minimum Gasteiger partial charge on any atom is -0.459 e. The summed E-state index contributed by atoms with van der Waals surface area (Å²) in [5.74, 6) is -0.224. The quantitative estimate of drug-likeness (QED) is 0.469. The molecule has 0 aromatic carbocycles. The minimum atomic E-state index is -0.224. The van der Waals surface area contributed by atoms with Gasteiger partial charge in [-0.3, -0.25) is 4.79 Å². The maximum Gasteiger partial charge on any atom is 0.320 e. The maximum atomic E-state index is 11.1. The Morgan fingerprint density at radius 3 is 2.77 bits per heavy atom. The highest BCUT2D eigenvalue weighted by molar-refractivity contribution is 5.71. The van der Waals surface area contributed by atoms with Gasteiger partial charge in [0.1, 0.15) is 6.10 Å². The fourth-order valence-electron chi connectivity index (χ4n) is 0.902. The summed E-state index contributed by atoms with van der Waals surface area (Å²) in [6.07, 6.45) is 0.849. The van der Waals surface area contributed by atoms with E-state index in [0.29, 0.717) is 6.61 Å². The molecule has 0 aliphatic rings. The molecule has 0 aromatic heterocycles. The van der Waals surface area contributed by atoms with Gasteiger partial charge in [-0.1, -0.05) is 6.92 Å². The Bertz CT molecular complexity index is 139.